The fourth-order valence-corrected chi connectivity index (χ4v) is 4.32. The molecule has 1 aromatic heterocycles. The molecule has 0 saturated carbocycles. The van der Waals surface area contributed by atoms with Gasteiger partial charge in [-0.25, -0.2) is 4.39 Å². The van der Waals surface area contributed by atoms with Gasteiger partial charge in [-0.05, 0) is 31.5 Å². The quantitative estimate of drug-likeness (QED) is 0.918. The highest BCUT2D eigenvalue weighted by molar-refractivity contribution is 7.21. The van der Waals surface area contributed by atoms with Crippen LogP contribution >= 0.6 is 22.9 Å². The number of carbonyl (C=O) groups excluding carboxylic acids is 1. The number of hydrogen-bond acceptors (Lipinski definition) is 3. The molecule has 118 valence electrons. The number of nitrogens with one attached hydrogen (secondary N) is 1. The number of amides is 1. The van der Waals surface area contributed by atoms with Gasteiger partial charge in [0.05, 0.1) is 5.02 Å². The number of fused-ring (bicyclic) bond motifs is 1. The van der Waals surface area contributed by atoms with Crippen molar-refractivity contribution >= 4 is 38.9 Å². The van der Waals surface area contributed by atoms with Crippen LogP contribution in [0.5, 0.6) is 0 Å². The van der Waals surface area contributed by atoms with E-state index in [1.165, 1.54) is 17.4 Å². The van der Waals surface area contributed by atoms with Crippen LogP contribution in [0.25, 0.3) is 10.1 Å². The normalized spacial score (nSPS) is 17.0. The highest BCUT2D eigenvalue weighted by Crippen LogP contribution is 2.36. The predicted octanol–water partition coefficient (Wildman–Crippen LogP) is 3.91. The van der Waals surface area contributed by atoms with Gasteiger partial charge in [-0.2, -0.15) is 0 Å². The van der Waals surface area contributed by atoms with Gasteiger partial charge in [0.1, 0.15) is 10.7 Å². The Morgan fingerprint density at radius 2 is 2.18 bits per heavy atom. The third kappa shape index (κ3) is 2.98. The molecule has 3 nitrogen and oxygen atoms in total. The first-order valence-electron chi connectivity index (χ1n) is 7.50. The van der Waals surface area contributed by atoms with Crippen molar-refractivity contribution < 1.29 is 9.18 Å². The largest absolute Gasteiger partial charge is 0.348 e. The van der Waals surface area contributed by atoms with Crippen LogP contribution in [-0.4, -0.2) is 36.5 Å². The van der Waals surface area contributed by atoms with Crippen LogP contribution in [0.3, 0.4) is 0 Å². The summed E-state index contributed by atoms with van der Waals surface area (Å²) in [6, 6.07) is 4.95. The van der Waals surface area contributed by atoms with E-state index in [1.807, 2.05) is 0 Å². The van der Waals surface area contributed by atoms with Crippen LogP contribution in [0.1, 0.15) is 29.4 Å². The molecule has 1 aliphatic heterocycles. The van der Waals surface area contributed by atoms with Gasteiger partial charge in [0.15, 0.2) is 0 Å². The molecule has 2 aromatic rings. The Kier molecular flexibility index (Phi) is 4.66. The molecular formula is C16H18ClFN2OS. The number of rotatable bonds is 3. The number of nitrogens with zero attached hydrogens (tertiary/aromatic N) is 1. The Hall–Kier alpha value is -1.17. The lowest BCUT2D eigenvalue weighted by Crippen LogP contribution is -2.44. The molecule has 0 bridgehead atoms. The van der Waals surface area contributed by atoms with Crippen LogP contribution in [0.15, 0.2) is 18.2 Å². The van der Waals surface area contributed by atoms with E-state index in [1.54, 1.807) is 12.1 Å². The Morgan fingerprint density at radius 1 is 1.45 bits per heavy atom. The lowest BCUT2D eigenvalue weighted by molar-refractivity contribution is 0.0917. The molecule has 1 aromatic carbocycles. The van der Waals surface area contributed by atoms with Gasteiger partial charge in [0.2, 0.25) is 0 Å². The second-order valence-corrected chi connectivity index (χ2v) is 6.97. The van der Waals surface area contributed by atoms with E-state index in [-0.39, 0.29) is 22.8 Å². The summed E-state index contributed by atoms with van der Waals surface area (Å²) in [4.78, 5) is 15.2. The molecule has 1 aliphatic rings. The minimum Gasteiger partial charge on any atom is -0.348 e. The fraction of sp³-hybridized carbons (Fsp3) is 0.438. The zero-order valence-electron chi connectivity index (χ0n) is 12.4. The number of hydrogen-bond donors (Lipinski definition) is 1. The van der Waals surface area contributed by atoms with Crippen molar-refractivity contribution in [3.63, 3.8) is 0 Å². The first kappa shape index (κ1) is 15.7. The summed E-state index contributed by atoms with van der Waals surface area (Å²) >= 11 is 7.47. The minimum atomic E-state index is -0.381. The van der Waals surface area contributed by atoms with E-state index in [2.05, 4.69) is 17.1 Å². The predicted molar refractivity (Wildman–Crippen MR) is 89.4 cm³/mol. The minimum absolute atomic E-state index is 0.168. The van der Waals surface area contributed by atoms with Crippen LogP contribution in [0.4, 0.5) is 4.39 Å². The monoisotopic (exact) mass is 340 g/mol. The number of benzene rings is 1. The number of thiophene rings is 1. The molecule has 0 aliphatic carbocycles. The zero-order chi connectivity index (χ0) is 15.7. The summed E-state index contributed by atoms with van der Waals surface area (Å²) in [5, 5.41) is 3.61. The van der Waals surface area contributed by atoms with E-state index in [4.69, 9.17) is 11.6 Å². The van der Waals surface area contributed by atoms with Crippen LogP contribution < -0.4 is 5.32 Å². The zero-order valence-corrected chi connectivity index (χ0v) is 13.9. The van der Waals surface area contributed by atoms with Crippen molar-refractivity contribution in [3.8, 4) is 0 Å². The molecule has 2 heterocycles. The highest BCUT2D eigenvalue weighted by Gasteiger charge is 2.24. The molecule has 0 unspecified atom stereocenters. The van der Waals surface area contributed by atoms with Crippen molar-refractivity contribution in [1.29, 1.82) is 0 Å². The van der Waals surface area contributed by atoms with Crippen molar-refractivity contribution in [2.45, 2.75) is 25.8 Å². The topological polar surface area (TPSA) is 32.3 Å². The van der Waals surface area contributed by atoms with E-state index in [9.17, 15) is 9.18 Å². The Labute approximate surface area is 138 Å². The molecule has 6 heteroatoms. The second kappa shape index (κ2) is 6.52. The van der Waals surface area contributed by atoms with Gasteiger partial charge in [-0.3, -0.25) is 4.79 Å². The maximum absolute atomic E-state index is 13.8. The van der Waals surface area contributed by atoms with Gasteiger partial charge >= 0.3 is 0 Å². The molecule has 0 radical (unpaired) electrons. The molecule has 22 heavy (non-hydrogen) atoms. The lowest BCUT2D eigenvalue weighted by atomic mass is 10.1. The molecule has 1 N–H and O–H groups in total. The van der Waals surface area contributed by atoms with E-state index >= 15 is 0 Å². The van der Waals surface area contributed by atoms with Crippen molar-refractivity contribution in [2.24, 2.45) is 0 Å². The summed E-state index contributed by atoms with van der Waals surface area (Å²) < 4.78 is 14.6. The fourth-order valence-electron chi connectivity index (χ4n) is 2.86. The first-order chi connectivity index (χ1) is 10.6. The summed E-state index contributed by atoms with van der Waals surface area (Å²) in [5.41, 5.74) is 0. The summed E-state index contributed by atoms with van der Waals surface area (Å²) in [6.45, 7) is 5.18. The Morgan fingerprint density at radius 3 is 2.82 bits per heavy atom. The average Bonchev–Trinajstić information content (AvgIpc) is 2.86. The standard InChI is InChI=1S/C16H18ClFN2OS/c1-2-20-8-6-10(7-9-20)19-16(21)15-14(17)13-11(18)4-3-5-12(13)22-15/h3-5,10H,2,6-9H2,1H3,(H,19,21). The Bertz CT molecular complexity index is 695. The van der Waals surface area contributed by atoms with Crippen molar-refractivity contribution in [2.75, 3.05) is 19.6 Å². The molecule has 0 spiro atoms. The maximum atomic E-state index is 13.8. The van der Waals surface area contributed by atoms with Crippen molar-refractivity contribution in [3.05, 3.63) is 33.9 Å². The number of piperidine rings is 1. The third-order valence-corrected chi connectivity index (χ3v) is 5.83. The van der Waals surface area contributed by atoms with Crippen molar-refractivity contribution in [1.82, 2.24) is 10.2 Å². The molecule has 1 amide bonds. The number of likely N-dealkylation sites (tertiary alicyclic amines) is 1. The molecule has 3 rings (SSSR count). The van der Waals surface area contributed by atoms with Crippen LogP contribution in [-0.2, 0) is 0 Å². The Balaban J connectivity index is 1.76. The number of halogens is 2. The van der Waals surface area contributed by atoms with Gasteiger partial charge in [0.25, 0.3) is 5.91 Å². The summed E-state index contributed by atoms with van der Waals surface area (Å²) in [6.07, 6.45) is 1.88. The molecule has 1 saturated heterocycles. The second-order valence-electron chi connectivity index (χ2n) is 5.54. The molecular weight excluding hydrogens is 323 g/mol. The van der Waals surface area contributed by atoms with Gasteiger partial charge in [-0.15, -0.1) is 11.3 Å². The van der Waals surface area contributed by atoms with Gasteiger partial charge in [0, 0.05) is 29.2 Å². The first-order valence-corrected chi connectivity index (χ1v) is 8.69. The van der Waals surface area contributed by atoms with Gasteiger partial charge in [-0.1, -0.05) is 24.6 Å². The molecule has 0 atom stereocenters. The smallest absolute Gasteiger partial charge is 0.263 e. The highest BCUT2D eigenvalue weighted by atomic mass is 35.5. The average molecular weight is 341 g/mol. The summed E-state index contributed by atoms with van der Waals surface area (Å²) in [7, 11) is 0. The van der Waals surface area contributed by atoms with Crippen LogP contribution in [0, 0.1) is 5.82 Å². The summed E-state index contributed by atoms with van der Waals surface area (Å²) in [5.74, 6) is -0.574. The SMILES string of the molecule is CCN1CCC(NC(=O)c2sc3cccc(F)c3c2Cl)CC1. The van der Waals surface area contributed by atoms with E-state index in [0.717, 1.165) is 32.5 Å². The van der Waals surface area contributed by atoms with Gasteiger partial charge < -0.3 is 10.2 Å². The van der Waals surface area contributed by atoms with E-state index in [0.29, 0.717) is 15.0 Å². The van der Waals surface area contributed by atoms with Crippen LogP contribution in [0.2, 0.25) is 5.02 Å². The number of carbonyl (C=O) groups is 1. The van der Waals surface area contributed by atoms with E-state index < -0.39 is 0 Å². The maximum Gasteiger partial charge on any atom is 0.263 e. The lowest BCUT2D eigenvalue weighted by Gasteiger charge is -2.31. The molecule has 1 fully saturated rings. The third-order valence-electron chi connectivity index (χ3n) is 4.18.